The lowest BCUT2D eigenvalue weighted by atomic mass is 10.1. The number of aryl methyl sites for hydroxylation is 1. The molecule has 0 bridgehead atoms. The summed E-state index contributed by atoms with van der Waals surface area (Å²) in [6.07, 6.45) is 3.64. The molecule has 3 nitrogen and oxygen atoms in total. The number of aromatic nitrogens is 1. The topological polar surface area (TPSA) is 42.1 Å². The minimum atomic E-state index is 0.781. The van der Waals surface area contributed by atoms with Crippen LogP contribution in [0, 0.1) is 6.92 Å². The third-order valence-electron chi connectivity index (χ3n) is 3.58. The van der Waals surface area contributed by atoms with Crippen molar-refractivity contribution < 1.29 is 0 Å². The number of pyridine rings is 1. The Morgan fingerprint density at radius 1 is 1.05 bits per heavy atom. The van der Waals surface area contributed by atoms with Gasteiger partial charge in [-0.3, -0.25) is 4.98 Å². The van der Waals surface area contributed by atoms with E-state index in [9.17, 15) is 0 Å². The highest BCUT2D eigenvalue weighted by molar-refractivity contribution is 6.01. The number of nitrogens with two attached hydrogens (primary N) is 1. The molecule has 0 aliphatic carbocycles. The second kappa shape index (κ2) is 4.85. The van der Waals surface area contributed by atoms with E-state index in [1.54, 1.807) is 6.20 Å². The van der Waals surface area contributed by atoms with E-state index in [2.05, 4.69) is 48.1 Å². The zero-order valence-electron chi connectivity index (χ0n) is 11.7. The molecule has 0 fully saturated rings. The highest BCUT2D eigenvalue weighted by Gasteiger charge is 2.10. The molecule has 100 valence electrons. The van der Waals surface area contributed by atoms with Crippen molar-refractivity contribution >= 4 is 27.8 Å². The number of hydrogen-bond acceptors (Lipinski definition) is 3. The van der Waals surface area contributed by atoms with E-state index < -0.39 is 0 Å². The van der Waals surface area contributed by atoms with E-state index in [1.165, 1.54) is 5.56 Å². The first kappa shape index (κ1) is 12.5. The summed E-state index contributed by atoms with van der Waals surface area (Å²) < 4.78 is 0. The molecular weight excluding hydrogens is 246 g/mol. The van der Waals surface area contributed by atoms with Gasteiger partial charge in [0.05, 0.1) is 5.69 Å². The summed E-state index contributed by atoms with van der Waals surface area (Å²) in [6.45, 7) is 2.10. The Morgan fingerprint density at radius 3 is 2.70 bits per heavy atom. The molecular formula is C17H17N3. The van der Waals surface area contributed by atoms with Gasteiger partial charge in [0.15, 0.2) is 0 Å². The van der Waals surface area contributed by atoms with Crippen molar-refractivity contribution in [3.8, 4) is 0 Å². The Balaban J connectivity index is 2.17. The first-order valence-electron chi connectivity index (χ1n) is 6.59. The first-order valence-corrected chi connectivity index (χ1v) is 6.59. The second-order valence-electron chi connectivity index (χ2n) is 4.99. The van der Waals surface area contributed by atoms with Gasteiger partial charge in [0.1, 0.15) is 0 Å². The zero-order valence-corrected chi connectivity index (χ0v) is 11.7. The summed E-state index contributed by atoms with van der Waals surface area (Å²) in [7, 11) is 2.06. The fraction of sp³-hybridized carbons (Fsp3) is 0.118. The maximum absolute atomic E-state index is 6.04. The maximum atomic E-state index is 6.04. The lowest BCUT2D eigenvalue weighted by molar-refractivity contribution is 1.21. The molecule has 3 rings (SSSR count). The predicted octanol–water partition coefficient (Wildman–Crippen LogP) is 3.89. The predicted molar refractivity (Wildman–Crippen MR) is 85.4 cm³/mol. The molecule has 0 unspecified atom stereocenters. The molecule has 2 N–H and O–H groups in total. The fourth-order valence-corrected chi connectivity index (χ4v) is 2.47. The van der Waals surface area contributed by atoms with Gasteiger partial charge in [0.2, 0.25) is 0 Å². The quantitative estimate of drug-likeness (QED) is 0.713. The molecule has 0 amide bonds. The van der Waals surface area contributed by atoms with Gasteiger partial charge >= 0.3 is 0 Å². The minimum absolute atomic E-state index is 0.781. The van der Waals surface area contributed by atoms with E-state index >= 15 is 0 Å². The highest BCUT2D eigenvalue weighted by atomic mass is 15.1. The van der Waals surface area contributed by atoms with Gasteiger partial charge in [-0.05, 0) is 42.8 Å². The van der Waals surface area contributed by atoms with Gasteiger partial charge in [-0.2, -0.15) is 0 Å². The summed E-state index contributed by atoms with van der Waals surface area (Å²) in [5.74, 6) is 0. The van der Waals surface area contributed by atoms with Crippen LogP contribution in [0.5, 0.6) is 0 Å². The second-order valence-corrected chi connectivity index (χ2v) is 4.99. The average Bonchev–Trinajstić information content (AvgIpc) is 2.47. The molecule has 1 heterocycles. The summed E-state index contributed by atoms with van der Waals surface area (Å²) >= 11 is 0. The van der Waals surface area contributed by atoms with Gasteiger partial charge in [-0.25, -0.2) is 0 Å². The SMILES string of the molecule is Cc1cccc(N(C)c2ccc(N)c3ccncc23)c1. The summed E-state index contributed by atoms with van der Waals surface area (Å²) in [6, 6.07) is 14.4. The van der Waals surface area contributed by atoms with E-state index in [0.29, 0.717) is 0 Å². The van der Waals surface area contributed by atoms with E-state index in [-0.39, 0.29) is 0 Å². The third kappa shape index (κ3) is 2.07. The molecule has 0 saturated heterocycles. The van der Waals surface area contributed by atoms with Gasteiger partial charge in [-0.15, -0.1) is 0 Å². The fourth-order valence-electron chi connectivity index (χ4n) is 2.47. The van der Waals surface area contributed by atoms with Crippen molar-refractivity contribution in [1.82, 2.24) is 4.98 Å². The number of rotatable bonds is 2. The molecule has 0 spiro atoms. The van der Waals surface area contributed by atoms with Gasteiger partial charge in [-0.1, -0.05) is 12.1 Å². The molecule has 0 radical (unpaired) electrons. The molecule has 3 aromatic rings. The Hall–Kier alpha value is -2.55. The molecule has 0 aliphatic heterocycles. The van der Waals surface area contributed by atoms with Gasteiger partial charge < -0.3 is 10.6 Å². The van der Waals surface area contributed by atoms with Crippen molar-refractivity contribution in [2.24, 2.45) is 0 Å². The third-order valence-corrected chi connectivity index (χ3v) is 3.58. The van der Waals surface area contributed by atoms with E-state index in [4.69, 9.17) is 5.73 Å². The summed E-state index contributed by atoms with van der Waals surface area (Å²) in [4.78, 5) is 6.39. The van der Waals surface area contributed by atoms with Crippen molar-refractivity contribution in [2.45, 2.75) is 6.92 Å². The van der Waals surface area contributed by atoms with E-state index in [1.807, 2.05) is 24.4 Å². The first-order chi connectivity index (χ1) is 9.66. The van der Waals surface area contributed by atoms with Crippen LogP contribution in [0.15, 0.2) is 54.9 Å². The maximum Gasteiger partial charge on any atom is 0.0504 e. The molecule has 0 saturated carbocycles. The summed E-state index contributed by atoms with van der Waals surface area (Å²) in [5, 5.41) is 2.11. The highest BCUT2D eigenvalue weighted by Crippen LogP contribution is 2.33. The zero-order chi connectivity index (χ0) is 14.1. The molecule has 0 atom stereocenters. The van der Waals surface area contributed by atoms with Crippen LogP contribution < -0.4 is 10.6 Å². The van der Waals surface area contributed by atoms with Crippen LogP contribution in [0.1, 0.15) is 5.56 Å². The van der Waals surface area contributed by atoms with Crippen molar-refractivity contribution in [3.63, 3.8) is 0 Å². The molecule has 2 aromatic carbocycles. The number of nitrogen functional groups attached to an aromatic ring is 1. The average molecular weight is 263 g/mol. The molecule has 0 aliphatic rings. The molecule has 20 heavy (non-hydrogen) atoms. The molecule has 1 aromatic heterocycles. The van der Waals surface area contributed by atoms with Crippen LogP contribution in [0.4, 0.5) is 17.1 Å². The van der Waals surface area contributed by atoms with Crippen LogP contribution in [-0.2, 0) is 0 Å². The largest absolute Gasteiger partial charge is 0.398 e. The Labute approximate surface area is 118 Å². The standard InChI is InChI=1S/C17H17N3/c1-12-4-3-5-13(10-12)20(2)17-7-6-16(18)14-8-9-19-11-15(14)17/h3-11H,18H2,1-2H3. The van der Waals surface area contributed by atoms with Gasteiger partial charge in [0.25, 0.3) is 0 Å². The van der Waals surface area contributed by atoms with Crippen molar-refractivity contribution in [3.05, 3.63) is 60.4 Å². The van der Waals surface area contributed by atoms with Crippen LogP contribution in [-0.4, -0.2) is 12.0 Å². The number of fused-ring (bicyclic) bond motifs is 1. The monoisotopic (exact) mass is 263 g/mol. The number of hydrogen-bond donors (Lipinski definition) is 1. The van der Waals surface area contributed by atoms with E-state index in [0.717, 1.165) is 27.8 Å². The minimum Gasteiger partial charge on any atom is -0.398 e. The Bertz CT molecular complexity index is 765. The Morgan fingerprint density at radius 2 is 1.90 bits per heavy atom. The summed E-state index contributed by atoms with van der Waals surface area (Å²) in [5.41, 5.74) is 10.3. The van der Waals surface area contributed by atoms with Crippen LogP contribution in [0.25, 0.3) is 10.8 Å². The number of anilines is 3. The number of benzene rings is 2. The lowest BCUT2D eigenvalue weighted by Crippen LogP contribution is -2.10. The molecule has 3 heteroatoms. The normalized spacial score (nSPS) is 10.7. The Kier molecular flexibility index (Phi) is 3.03. The smallest absolute Gasteiger partial charge is 0.0504 e. The van der Waals surface area contributed by atoms with Gasteiger partial charge in [0, 0.05) is 41.6 Å². The van der Waals surface area contributed by atoms with Crippen LogP contribution >= 0.6 is 0 Å². The van der Waals surface area contributed by atoms with Crippen LogP contribution in [0.2, 0.25) is 0 Å². The van der Waals surface area contributed by atoms with Crippen molar-refractivity contribution in [2.75, 3.05) is 17.7 Å². The van der Waals surface area contributed by atoms with Crippen LogP contribution in [0.3, 0.4) is 0 Å². The number of nitrogens with zero attached hydrogens (tertiary/aromatic N) is 2. The lowest BCUT2D eigenvalue weighted by Gasteiger charge is -2.22. The van der Waals surface area contributed by atoms with Crippen molar-refractivity contribution in [1.29, 1.82) is 0 Å².